The van der Waals surface area contributed by atoms with E-state index in [-0.39, 0.29) is 0 Å². The van der Waals surface area contributed by atoms with Gasteiger partial charge >= 0.3 is 0 Å². The van der Waals surface area contributed by atoms with Gasteiger partial charge in [-0.1, -0.05) is 29.8 Å². The van der Waals surface area contributed by atoms with Crippen LogP contribution in [0.15, 0.2) is 53.6 Å². The summed E-state index contributed by atoms with van der Waals surface area (Å²) >= 11 is 7.98. The van der Waals surface area contributed by atoms with E-state index in [1.54, 1.807) is 11.8 Å². The van der Waals surface area contributed by atoms with Gasteiger partial charge in [-0.25, -0.2) is 0 Å². The number of pyridine rings is 1. The molecule has 0 atom stereocenters. The van der Waals surface area contributed by atoms with E-state index in [0.29, 0.717) is 0 Å². The number of rotatable bonds is 3. The van der Waals surface area contributed by atoms with Crippen molar-refractivity contribution in [3.8, 4) is 0 Å². The molecule has 2 nitrogen and oxygen atoms in total. The zero-order valence-electron chi connectivity index (χ0n) is 11.6. The summed E-state index contributed by atoms with van der Waals surface area (Å²) in [6, 6.07) is 14.0. The largest absolute Gasteiger partial charge is 0.398 e. The summed E-state index contributed by atoms with van der Waals surface area (Å²) in [6.07, 6.45) is 1.85. The lowest BCUT2D eigenvalue weighted by Gasteiger charge is -2.10. The molecule has 106 valence electrons. The second kappa shape index (κ2) is 5.96. The van der Waals surface area contributed by atoms with Crippen molar-refractivity contribution >= 4 is 39.8 Å². The number of benzene rings is 2. The smallest absolute Gasteiger partial charge is 0.0446 e. The molecule has 3 aromatic rings. The first-order valence-corrected chi connectivity index (χ1v) is 8.02. The lowest BCUT2D eigenvalue weighted by Crippen LogP contribution is -1.91. The van der Waals surface area contributed by atoms with Crippen LogP contribution >= 0.6 is 23.4 Å². The topological polar surface area (TPSA) is 38.9 Å². The third-order valence-corrected chi connectivity index (χ3v) is 4.86. The standard InChI is InChI=1S/C17H15ClN2S/c1-11-8-13-14(9-20-11)16(19)6-7-17(13)21-10-12-4-2-3-5-15(12)18/h2-9H,10,19H2,1H3. The molecule has 2 aromatic carbocycles. The van der Waals surface area contributed by atoms with Crippen LogP contribution in [-0.2, 0) is 5.75 Å². The van der Waals surface area contributed by atoms with Gasteiger partial charge in [0.25, 0.3) is 0 Å². The molecule has 0 saturated heterocycles. The van der Waals surface area contributed by atoms with Gasteiger partial charge in [0.2, 0.25) is 0 Å². The number of nitrogen functional groups attached to an aromatic ring is 1. The first kappa shape index (κ1) is 14.2. The molecule has 0 radical (unpaired) electrons. The van der Waals surface area contributed by atoms with E-state index in [1.165, 1.54) is 4.90 Å². The molecule has 0 fully saturated rings. The van der Waals surface area contributed by atoms with E-state index in [0.717, 1.165) is 38.5 Å². The monoisotopic (exact) mass is 314 g/mol. The zero-order chi connectivity index (χ0) is 14.8. The summed E-state index contributed by atoms with van der Waals surface area (Å²) in [6.45, 7) is 1.99. The molecule has 0 spiro atoms. The Bertz CT molecular complexity index is 802. The fourth-order valence-electron chi connectivity index (χ4n) is 2.24. The Morgan fingerprint density at radius 3 is 2.76 bits per heavy atom. The van der Waals surface area contributed by atoms with Gasteiger partial charge < -0.3 is 5.73 Å². The van der Waals surface area contributed by atoms with Gasteiger partial charge in [-0.05, 0) is 36.8 Å². The van der Waals surface area contributed by atoms with Gasteiger partial charge in [0.15, 0.2) is 0 Å². The van der Waals surface area contributed by atoms with Crippen LogP contribution in [0.4, 0.5) is 5.69 Å². The molecular weight excluding hydrogens is 300 g/mol. The molecule has 0 bridgehead atoms. The summed E-state index contributed by atoms with van der Waals surface area (Å²) in [5.74, 6) is 0.833. The molecule has 1 aromatic heterocycles. The minimum atomic E-state index is 0.764. The summed E-state index contributed by atoms with van der Waals surface area (Å²) in [5, 5.41) is 2.96. The van der Waals surface area contributed by atoms with Crippen LogP contribution in [0, 0.1) is 6.92 Å². The number of aryl methyl sites for hydroxylation is 1. The Kier molecular flexibility index (Phi) is 4.04. The predicted octanol–water partition coefficient (Wildman–Crippen LogP) is 5.07. The normalized spacial score (nSPS) is 11.0. The number of thioether (sulfide) groups is 1. The highest BCUT2D eigenvalue weighted by Crippen LogP contribution is 2.34. The third kappa shape index (κ3) is 2.99. The van der Waals surface area contributed by atoms with E-state index < -0.39 is 0 Å². The van der Waals surface area contributed by atoms with E-state index in [2.05, 4.69) is 23.2 Å². The Hall–Kier alpha value is -1.71. The van der Waals surface area contributed by atoms with Crippen molar-refractivity contribution in [3.05, 3.63) is 64.9 Å². The van der Waals surface area contributed by atoms with Crippen LogP contribution in [0.1, 0.15) is 11.3 Å². The van der Waals surface area contributed by atoms with E-state index in [1.807, 2.05) is 37.4 Å². The number of hydrogen-bond donors (Lipinski definition) is 1. The maximum Gasteiger partial charge on any atom is 0.0446 e. The molecule has 0 aliphatic heterocycles. The van der Waals surface area contributed by atoms with Crippen LogP contribution in [-0.4, -0.2) is 4.98 Å². The summed E-state index contributed by atoms with van der Waals surface area (Å²) in [5.41, 5.74) is 8.93. The van der Waals surface area contributed by atoms with Crippen molar-refractivity contribution in [1.29, 1.82) is 0 Å². The third-order valence-electron chi connectivity index (χ3n) is 3.37. The predicted molar refractivity (Wildman–Crippen MR) is 91.9 cm³/mol. The summed E-state index contributed by atoms with van der Waals surface area (Å²) in [7, 11) is 0. The molecule has 1 heterocycles. The Balaban J connectivity index is 1.96. The number of aromatic nitrogens is 1. The molecule has 0 amide bonds. The zero-order valence-corrected chi connectivity index (χ0v) is 13.2. The van der Waals surface area contributed by atoms with E-state index in [4.69, 9.17) is 17.3 Å². The Labute approximate surface area is 133 Å². The quantitative estimate of drug-likeness (QED) is 0.542. The van der Waals surface area contributed by atoms with Gasteiger partial charge in [-0.2, -0.15) is 0 Å². The molecule has 0 saturated carbocycles. The molecule has 4 heteroatoms. The van der Waals surface area contributed by atoms with Crippen LogP contribution < -0.4 is 5.73 Å². The number of fused-ring (bicyclic) bond motifs is 1. The highest BCUT2D eigenvalue weighted by Gasteiger charge is 2.07. The van der Waals surface area contributed by atoms with Gasteiger partial charge in [-0.15, -0.1) is 11.8 Å². The van der Waals surface area contributed by atoms with Crippen molar-refractivity contribution in [1.82, 2.24) is 4.98 Å². The molecular formula is C17H15ClN2S. The first-order chi connectivity index (χ1) is 10.1. The van der Waals surface area contributed by atoms with Crippen LogP contribution in [0.3, 0.4) is 0 Å². The molecule has 21 heavy (non-hydrogen) atoms. The minimum Gasteiger partial charge on any atom is -0.398 e. The lowest BCUT2D eigenvalue weighted by atomic mass is 10.1. The maximum atomic E-state index is 6.22. The molecule has 2 N–H and O–H groups in total. The van der Waals surface area contributed by atoms with Crippen LogP contribution in [0.25, 0.3) is 10.8 Å². The van der Waals surface area contributed by atoms with Crippen molar-refractivity contribution in [2.45, 2.75) is 17.6 Å². The Morgan fingerprint density at radius 2 is 1.95 bits per heavy atom. The van der Waals surface area contributed by atoms with E-state index in [9.17, 15) is 0 Å². The van der Waals surface area contributed by atoms with Crippen molar-refractivity contribution < 1.29 is 0 Å². The average molecular weight is 315 g/mol. The van der Waals surface area contributed by atoms with Crippen LogP contribution in [0.5, 0.6) is 0 Å². The SMILES string of the molecule is Cc1cc2c(SCc3ccccc3Cl)ccc(N)c2cn1. The Morgan fingerprint density at radius 1 is 1.14 bits per heavy atom. The van der Waals surface area contributed by atoms with Gasteiger partial charge in [0, 0.05) is 44.0 Å². The summed E-state index contributed by atoms with van der Waals surface area (Å²) < 4.78 is 0. The number of anilines is 1. The number of nitrogens with zero attached hydrogens (tertiary/aromatic N) is 1. The number of hydrogen-bond acceptors (Lipinski definition) is 3. The maximum absolute atomic E-state index is 6.22. The van der Waals surface area contributed by atoms with Gasteiger partial charge in [0.05, 0.1) is 0 Å². The second-order valence-corrected chi connectivity index (χ2v) is 6.33. The molecule has 0 unspecified atom stereocenters. The fraction of sp³-hybridized carbons (Fsp3) is 0.118. The van der Waals surface area contributed by atoms with Crippen molar-refractivity contribution in [3.63, 3.8) is 0 Å². The average Bonchev–Trinajstić information content (AvgIpc) is 2.48. The van der Waals surface area contributed by atoms with Crippen molar-refractivity contribution in [2.75, 3.05) is 5.73 Å². The van der Waals surface area contributed by atoms with Gasteiger partial charge in [-0.3, -0.25) is 4.98 Å². The second-order valence-electron chi connectivity index (χ2n) is 4.90. The molecule has 3 rings (SSSR count). The minimum absolute atomic E-state index is 0.764. The van der Waals surface area contributed by atoms with Gasteiger partial charge in [0.1, 0.15) is 0 Å². The fourth-order valence-corrected chi connectivity index (χ4v) is 3.57. The number of halogens is 1. The van der Waals surface area contributed by atoms with Crippen molar-refractivity contribution in [2.24, 2.45) is 0 Å². The lowest BCUT2D eigenvalue weighted by molar-refractivity contribution is 1.22. The number of nitrogens with two attached hydrogens (primary N) is 1. The summed E-state index contributed by atoms with van der Waals surface area (Å²) in [4.78, 5) is 5.53. The first-order valence-electron chi connectivity index (χ1n) is 6.66. The van der Waals surface area contributed by atoms with Crippen LogP contribution in [0.2, 0.25) is 5.02 Å². The molecule has 0 aliphatic carbocycles. The van der Waals surface area contributed by atoms with E-state index >= 15 is 0 Å². The molecule has 0 aliphatic rings. The highest BCUT2D eigenvalue weighted by atomic mass is 35.5. The highest BCUT2D eigenvalue weighted by molar-refractivity contribution is 7.98.